The van der Waals surface area contributed by atoms with Crippen LogP contribution < -0.4 is 5.32 Å². The summed E-state index contributed by atoms with van der Waals surface area (Å²) in [5.41, 5.74) is 1.64. The molecule has 0 spiro atoms. The fourth-order valence-corrected chi connectivity index (χ4v) is 3.78. The van der Waals surface area contributed by atoms with E-state index in [1.807, 2.05) is 6.92 Å². The van der Waals surface area contributed by atoms with E-state index in [9.17, 15) is 10.2 Å². The first-order valence-corrected chi connectivity index (χ1v) is 10.5. The minimum Gasteiger partial charge on any atom is -0.387 e. The van der Waals surface area contributed by atoms with E-state index in [1.54, 1.807) is 10.6 Å². The third-order valence-corrected chi connectivity index (χ3v) is 5.62. The largest absolute Gasteiger partial charge is 0.387 e. The van der Waals surface area contributed by atoms with Crippen LogP contribution in [0.2, 0.25) is 5.28 Å². The first kappa shape index (κ1) is 21.0. The lowest BCUT2D eigenvalue weighted by molar-refractivity contribution is -0.0434. The molecule has 0 amide bonds. The van der Waals surface area contributed by atoms with Gasteiger partial charge in [0.05, 0.1) is 12.0 Å². The Morgan fingerprint density at radius 1 is 1.20 bits per heavy atom. The van der Waals surface area contributed by atoms with Crippen molar-refractivity contribution in [2.45, 2.75) is 70.6 Å². The highest BCUT2D eigenvalue weighted by molar-refractivity contribution is 6.28. The van der Waals surface area contributed by atoms with Gasteiger partial charge in [-0.25, -0.2) is 4.98 Å². The van der Waals surface area contributed by atoms with E-state index in [0.29, 0.717) is 29.2 Å². The molecule has 11 heteroatoms. The van der Waals surface area contributed by atoms with Crippen molar-refractivity contribution >= 4 is 28.6 Å². The monoisotopic (exact) mass is 436 g/mol. The molecule has 4 rings (SSSR count). The second-order valence-corrected chi connectivity index (χ2v) is 7.66. The number of halogens is 1. The van der Waals surface area contributed by atoms with Crippen LogP contribution >= 0.6 is 11.6 Å². The summed E-state index contributed by atoms with van der Waals surface area (Å²) in [4.78, 5) is 13.0. The van der Waals surface area contributed by atoms with Gasteiger partial charge in [0.1, 0.15) is 18.3 Å². The van der Waals surface area contributed by atoms with Gasteiger partial charge in [-0.05, 0) is 30.9 Å². The highest BCUT2D eigenvalue weighted by Gasteiger charge is 2.47. The SMILES string of the molecule is CCc1cc(C2OC(n3cnc4c(NC(CC)CC)nc(Cl)nc43)C(O)C2O)on1. The van der Waals surface area contributed by atoms with Crippen molar-refractivity contribution in [1.82, 2.24) is 24.7 Å². The Morgan fingerprint density at radius 3 is 2.63 bits per heavy atom. The molecule has 4 unspecified atom stereocenters. The third-order valence-electron chi connectivity index (χ3n) is 5.45. The lowest BCUT2D eigenvalue weighted by atomic mass is 10.1. The molecule has 4 heterocycles. The second-order valence-electron chi connectivity index (χ2n) is 7.33. The fourth-order valence-electron chi connectivity index (χ4n) is 3.62. The Bertz CT molecular complexity index is 1020. The fraction of sp³-hybridized carbons (Fsp3) is 0.579. The molecule has 10 nitrogen and oxygen atoms in total. The zero-order valence-corrected chi connectivity index (χ0v) is 17.7. The molecular weight excluding hydrogens is 412 g/mol. The van der Waals surface area contributed by atoms with Crippen LogP contribution in [0.15, 0.2) is 16.9 Å². The van der Waals surface area contributed by atoms with Gasteiger partial charge in [-0.1, -0.05) is 25.9 Å². The van der Waals surface area contributed by atoms with E-state index < -0.39 is 24.5 Å². The van der Waals surface area contributed by atoms with E-state index in [0.717, 1.165) is 18.5 Å². The molecule has 1 aliphatic heterocycles. The number of aliphatic hydroxyl groups excluding tert-OH is 2. The number of aliphatic hydroxyl groups is 2. The van der Waals surface area contributed by atoms with Gasteiger partial charge < -0.3 is 24.8 Å². The van der Waals surface area contributed by atoms with Gasteiger partial charge in [0.2, 0.25) is 5.28 Å². The van der Waals surface area contributed by atoms with Gasteiger partial charge in [-0.2, -0.15) is 9.97 Å². The molecule has 1 saturated heterocycles. The zero-order chi connectivity index (χ0) is 21.4. The predicted octanol–water partition coefficient (Wildman–Crippen LogP) is 2.62. The molecule has 3 aromatic rings. The van der Waals surface area contributed by atoms with Crippen LogP contribution in [-0.2, 0) is 11.2 Å². The van der Waals surface area contributed by atoms with E-state index >= 15 is 0 Å². The molecule has 0 aromatic carbocycles. The number of fused-ring (bicyclic) bond motifs is 1. The van der Waals surface area contributed by atoms with Gasteiger partial charge in [0, 0.05) is 12.1 Å². The smallest absolute Gasteiger partial charge is 0.226 e. The molecule has 162 valence electrons. The minimum atomic E-state index is -1.23. The number of anilines is 1. The highest BCUT2D eigenvalue weighted by atomic mass is 35.5. The summed E-state index contributed by atoms with van der Waals surface area (Å²) < 4.78 is 12.8. The standard InChI is InChI=1S/C19H25ClN6O4/c1-4-9(5-2)22-16-12-17(24-19(20)23-16)26(8-21-12)18-14(28)13(27)15(29-18)11-7-10(6-3)25-30-11/h7-9,13-15,18,27-28H,4-6H2,1-3H3,(H,22,23,24). The first-order valence-electron chi connectivity index (χ1n) is 10.1. The topological polar surface area (TPSA) is 131 Å². The van der Waals surface area contributed by atoms with Crippen LogP contribution in [0.4, 0.5) is 5.82 Å². The Morgan fingerprint density at radius 2 is 1.97 bits per heavy atom. The Balaban J connectivity index is 1.68. The van der Waals surface area contributed by atoms with Crippen LogP contribution in [-0.4, -0.2) is 53.1 Å². The number of nitrogens with one attached hydrogen (secondary N) is 1. The number of aromatic nitrogens is 5. The molecule has 1 fully saturated rings. The van der Waals surface area contributed by atoms with Crippen LogP contribution in [0.1, 0.15) is 57.4 Å². The number of aryl methyl sites for hydroxylation is 1. The number of hydrogen-bond acceptors (Lipinski definition) is 9. The lowest BCUT2D eigenvalue weighted by Gasteiger charge is -2.18. The van der Waals surface area contributed by atoms with E-state index in [4.69, 9.17) is 20.9 Å². The van der Waals surface area contributed by atoms with Crippen molar-refractivity contribution in [1.29, 1.82) is 0 Å². The van der Waals surface area contributed by atoms with Gasteiger partial charge in [0.25, 0.3) is 0 Å². The normalized spacial score (nSPS) is 24.2. The van der Waals surface area contributed by atoms with Crippen molar-refractivity contribution in [2.75, 3.05) is 5.32 Å². The molecule has 0 saturated carbocycles. The second kappa shape index (κ2) is 8.46. The quantitative estimate of drug-likeness (QED) is 0.478. The van der Waals surface area contributed by atoms with Crippen molar-refractivity contribution in [2.24, 2.45) is 0 Å². The minimum absolute atomic E-state index is 0.0464. The van der Waals surface area contributed by atoms with Crippen LogP contribution in [0.25, 0.3) is 11.2 Å². The van der Waals surface area contributed by atoms with Gasteiger partial charge >= 0.3 is 0 Å². The summed E-state index contributed by atoms with van der Waals surface area (Å²) in [5, 5.41) is 28.5. The maximum absolute atomic E-state index is 10.7. The maximum atomic E-state index is 10.7. The van der Waals surface area contributed by atoms with Crippen molar-refractivity contribution < 1.29 is 19.5 Å². The van der Waals surface area contributed by atoms with E-state index in [1.165, 1.54) is 6.33 Å². The third kappa shape index (κ3) is 3.64. The van der Waals surface area contributed by atoms with Gasteiger partial charge in [-0.3, -0.25) is 4.57 Å². The number of imidazole rings is 1. The van der Waals surface area contributed by atoms with Crippen molar-refractivity contribution in [3.63, 3.8) is 0 Å². The molecular formula is C19H25ClN6O4. The summed E-state index contributed by atoms with van der Waals surface area (Å²) in [6.07, 6.45) is -0.227. The van der Waals surface area contributed by atoms with Crippen LogP contribution in [0, 0.1) is 0 Å². The van der Waals surface area contributed by atoms with E-state index in [-0.39, 0.29) is 11.3 Å². The zero-order valence-electron chi connectivity index (χ0n) is 17.0. The average Bonchev–Trinajstić information content (AvgIpc) is 3.45. The maximum Gasteiger partial charge on any atom is 0.226 e. The Hall–Kier alpha value is -2.27. The number of ether oxygens (including phenoxy) is 1. The Kier molecular flexibility index (Phi) is 5.92. The summed E-state index contributed by atoms with van der Waals surface area (Å²) in [6, 6.07) is 1.93. The molecule has 3 aromatic heterocycles. The van der Waals surface area contributed by atoms with Crippen molar-refractivity contribution in [3.8, 4) is 0 Å². The van der Waals surface area contributed by atoms with Gasteiger partial charge in [0.15, 0.2) is 29.0 Å². The Labute approximate surface area is 178 Å². The van der Waals surface area contributed by atoms with Crippen molar-refractivity contribution in [3.05, 3.63) is 29.1 Å². The van der Waals surface area contributed by atoms with E-state index in [2.05, 4.69) is 39.3 Å². The molecule has 4 atom stereocenters. The molecule has 3 N–H and O–H groups in total. The molecule has 0 radical (unpaired) electrons. The van der Waals surface area contributed by atoms with Crippen LogP contribution in [0.5, 0.6) is 0 Å². The molecule has 0 bridgehead atoms. The van der Waals surface area contributed by atoms with Crippen LogP contribution in [0.3, 0.4) is 0 Å². The summed E-state index contributed by atoms with van der Waals surface area (Å²) in [6.45, 7) is 6.11. The summed E-state index contributed by atoms with van der Waals surface area (Å²) >= 11 is 6.16. The average molecular weight is 437 g/mol. The summed E-state index contributed by atoms with van der Waals surface area (Å²) in [7, 11) is 0. The molecule has 0 aliphatic carbocycles. The van der Waals surface area contributed by atoms with Gasteiger partial charge in [-0.15, -0.1) is 0 Å². The summed E-state index contributed by atoms with van der Waals surface area (Å²) in [5.74, 6) is 0.874. The predicted molar refractivity (Wildman–Crippen MR) is 109 cm³/mol. The molecule has 1 aliphatic rings. The number of hydrogen-bond donors (Lipinski definition) is 3. The first-order chi connectivity index (χ1) is 14.5. The molecule has 30 heavy (non-hydrogen) atoms. The highest BCUT2D eigenvalue weighted by Crippen LogP contribution is 2.40. The number of nitrogens with zero attached hydrogens (tertiary/aromatic N) is 5. The number of rotatable bonds is 7. The lowest BCUT2D eigenvalue weighted by Crippen LogP contribution is -2.29.